The SMILES string of the molecule is COc1ccc2cc(C(=O)c3ccccc3N)ccc2c1. The smallest absolute Gasteiger partial charge is 0.195 e. The maximum Gasteiger partial charge on any atom is 0.195 e. The highest BCUT2D eigenvalue weighted by atomic mass is 16.5. The number of ketones is 1. The summed E-state index contributed by atoms with van der Waals surface area (Å²) in [7, 11) is 1.64. The molecule has 0 heterocycles. The lowest BCUT2D eigenvalue weighted by Gasteiger charge is -2.07. The van der Waals surface area contributed by atoms with Crippen molar-refractivity contribution in [2.75, 3.05) is 12.8 Å². The molecule has 21 heavy (non-hydrogen) atoms. The normalized spacial score (nSPS) is 10.5. The van der Waals surface area contributed by atoms with Crippen LogP contribution in [-0.2, 0) is 0 Å². The summed E-state index contributed by atoms with van der Waals surface area (Å²) in [4.78, 5) is 12.5. The first kappa shape index (κ1) is 13.2. The van der Waals surface area contributed by atoms with Gasteiger partial charge in [-0.1, -0.05) is 30.3 Å². The molecule has 0 saturated carbocycles. The van der Waals surface area contributed by atoms with E-state index in [1.165, 1.54) is 0 Å². The summed E-state index contributed by atoms with van der Waals surface area (Å²) in [6.45, 7) is 0. The van der Waals surface area contributed by atoms with Crippen molar-refractivity contribution in [1.29, 1.82) is 0 Å². The molecule has 0 bridgehead atoms. The van der Waals surface area contributed by atoms with Crippen LogP contribution in [0.4, 0.5) is 5.69 Å². The Bertz CT molecular complexity index is 824. The molecule has 0 aliphatic rings. The maximum atomic E-state index is 12.5. The molecule has 0 radical (unpaired) electrons. The Hall–Kier alpha value is -2.81. The summed E-state index contributed by atoms with van der Waals surface area (Å²) >= 11 is 0. The van der Waals surface area contributed by atoms with E-state index in [4.69, 9.17) is 10.5 Å². The summed E-state index contributed by atoms with van der Waals surface area (Å²) in [5, 5.41) is 2.03. The Balaban J connectivity index is 2.05. The molecule has 0 atom stereocenters. The first-order chi connectivity index (χ1) is 10.2. The molecule has 0 fully saturated rings. The van der Waals surface area contributed by atoms with E-state index in [-0.39, 0.29) is 5.78 Å². The summed E-state index contributed by atoms with van der Waals surface area (Å²) < 4.78 is 5.20. The number of benzene rings is 3. The highest BCUT2D eigenvalue weighted by Gasteiger charge is 2.12. The molecule has 0 aromatic heterocycles. The van der Waals surface area contributed by atoms with Crippen molar-refractivity contribution in [3.05, 3.63) is 71.8 Å². The van der Waals surface area contributed by atoms with Gasteiger partial charge in [-0.05, 0) is 41.1 Å². The van der Waals surface area contributed by atoms with Crippen molar-refractivity contribution in [3.63, 3.8) is 0 Å². The Labute approximate surface area is 123 Å². The number of hydrogen-bond acceptors (Lipinski definition) is 3. The van der Waals surface area contributed by atoms with Gasteiger partial charge in [0.05, 0.1) is 7.11 Å². The van der Waals surface area contributed by atoms with Crippen LogP contribution in [0.15, 0.2) is 60.7 Å². The van der Waals surface area contributed by atoms with Gasteiger partial charge < -0.3 is 10.5 Å². The average molecular weight is 277 g/mol. The molecule has 2 N–H and O–H groups in total. The van der Waals surface area contributed by atoms with Gasteiger partial charge in [-0.3, -0.25) is 4.79 Å². The van der Waals surface area contributed by atoms with E-state index in [0.29, 0.717) is 16.8 Å². The molecule has 3 rings (SSSR count). The van der Waals surface area contributed by atoms with Gasteiger partial charge >= 0.3 is 0 Å². The molecule has 3 aromatic rings. The quantitative estimate of drug-likeness (QED) is 0.587. The second-order valence-electron chi connectivity index (χ2n) is 4.84. The van der Waals surface area contributed by atoms with E-state index in [1.54, 1.807) is 19.2 Å². The van der Waals surface area contributed by atoms with Crippen molar-refractivity contribution in [2.45, 2.75) is 0 Å². The number of nitrogens with two attached hydrogens (primary N) is 1. The topological polar surface area (TPSA) is 52.3 Å². The van der Waals surface area contributed by atoms with E-state index in [0.717, 1.165) is 16.5 Å². The van der Waals surface area contributed by atoms with Crippen molar-refractivity contribution in [2.24, 2.45) is 0 Å². The number of ether oxygens (including phenoxy) is 1. The highest BCUT2D eigenvalue weighted by molar-refractivity contribution is 6.13. The molecule has 0 saturated heterocycles. The van der Waals surface area contributed by atoms with Crippen LogP contribution >= 0.6 is 0 Å². The van der Waals surface area contributed by atoms with E-state index in [2.05, 4.69) is 0 Å². The molecular weight excluding hydrogens is 262 g/mol. The number of carbonyl (C=O) groups excluding carboxylic acids is 1. The molecule has 0 unspecified atom stereocenters. The molecule has 3 aromatic carbocycles. The van der Waals surface area contributed by atoms with Gasteiger partial charge in [0.2, 0.25) is 0 Å². The lowest BCUT2D eigenvalue weighted by molar-refractivity contribution is 0.103. The predicted molar refractivity (Wildman–Crippen MR) is 84.8 cm³/mol. The first-order valence-electron chi connectivity index (χ1n) is 6.66. The zero-order valence-corrected chi connectivity index (χ0v) is 11.7. The summed E-state index contributed by atoms with van der Waals surface area (Å²) in [6.07, 6.45) is 0. The number of rotatable bonds is 3. The molecule has 0 spiro atoms. The van der Waals surface area contributed by atoms with Gasteiger partial charge in [-0.2, -0.15) is 0 Å². The number of para-hydroxylation sites is 1. The number of hydrogen-bond donors (Lipinski definition) is 1. The van der Waals surface area contributed by atoms with Crippen LogP contribution in [-0.4, -0.2) is 12.9 Å². The minimum absolute atomic E-state index is 0.0641. The standard InChI is InChI=1S/C18H15NO2/c1-21-15-9-8-12-10-14(7-6-13(12)11-15)18(20)16-4-2-3-5-17(16)19/h2-11H,19H2,1H3. The molecule has 0 aliphatic heterocycles. The van der Waals surface area contributed by atoms with Gasteiger partial charge in [-0.15, -0.1) is 0 Å². The highest BCUT2D eigenvalue weighted by Crippen LogP contribution is 2.24. The van der Waals surface area contributed by atoms with Crippen molar-refractivity contribution < 1.29 is 9.53 Å². The third-order valence-corrected chi connectivity index (χ3v) is 3.52. The summed E-state index contributed by atoms with van der Waals surface area (Å²) in [5.74, 6) is 0.736. The van der Waals surface area contributed by atoms with Crippen molar-refractivity contribution in [1.82, 2.24) is 0 Å². The second kappa shape index (κ2) is 5.29. The molecule has 104 valence electrons. The maximum absolute atomic E-state index is 12.5. The van der Waals surface area contributed by atoms with Crippen LogP contribution < -0.4 is 10.5 Å². The van der Waals surface area contributed by atoms with E-state index in [9.17, 15) is 4.79 Å². The number of anilines is 1. The predicted octanol–water partition coefficient (Wildman–Crippen LogP) is 3.66. The van der Waals surface area contributed by atoms with Gasteiger partial charge in [0.15, 0.2) is 5.78 Å². The van der Waals surface area contributed by atoms with Gasteiger partial charge in [-0.25, -0.2) is 0 Å². The molecule has 0 amide bonds. The van der Waals surface area contributed by atoms with Gasteiger partial charge in [0, 0.05) is 16.8 Å². The number of fused-ring (bicyclic) bond motifs is 1. The Kier molecular flexibility index (Phi) is 3.32. The van der Waals surface area contributed by atoms with Crippen LogP contribution in [0, 0.1) is 0 Å². The van der Waals surface area contributed by atoms with Crippen molar-refractivity contribution >= 4 is 22.2 Å². The van der Waals surface area contributed by atoms with E-state index < -0.39 is 0 Å². The molecule has 0 aliphatic carbocycles. The van der Waals surface area contributed by atoms with Crippen LogP contribution in [0.3, 0.4) is 0 Å². The Morgan fingerprint density at radius 2 is 1.67 bits per heavy atom. The largest absolute Gasteiger partial charge is 0.497 e. The van der Waals surface area contributed by atoms with E-state index >= 15 is 0 Å². The molecule has 3 heteroatoms. The van der Waals surface area contributed by atoms with Crippen LogP contribution in [0.5, 0.6) is 5.75 Å². The van der Waals surface area contributed by atoms with Gasteiger partial charge in [0.1, 0.15) is 5.75 Å². The first-order valence-corrected chi connectivity index (χ1v) is 6.66. The minimum Gasteiger partial charge on any atom is -0.497 e. The van der Waals surface area contributed by atoms with Crippen molar-refractivity contribution in [3.8, 4) is 5.75 Å². The minimum atomic E-state index is -0.0641. The van der Waals surface area contributed by atoms with Crippen LogP contribution in [0.2, 0.25) is 0 Å². The fourth-order valence-corrected chi connectivity index (χ4v) is 2.35. The number of nitrogen functional groups attached to an aromatic ring is 1. The zero-order chi connectivity index (χ0) is 14.8. The monoisotopic (exact) mass is 277 g/mol. The third-order valence-electron chi connectivity index (χ3n) is 3.52. The lowest BCUT2D eigenvalue weighted by Crippen LogP contribution is -2.04. The second-order valence-corrected chi connectivity index (χ2v) is 4.84. The zero-order valence-electron chi connectivity index (χ0n) is 11.7. The lowest BCUT2D eigenvalue weighted by atomic mass is 9.99. The van der Waals surface area contributed by atoms with Crippen LogP contribution in [0.25, 0.3) is 10.8 Å². The average Bonchev–Trinajstić information content (AvgIpc) is 2.53. The number of carbonyl (C=O) groups is 1. The Morgan fingerprint density at radius 1 is 0.952 bits per heavy atom. The molecular formula is C18H15NO2. The summed E-state index contributed by atoms with van der Waals surface area (Å²) in [6, 6.07) is 18.5. The summed E-state index contributed by atoms with van der Waals surface area (Å²) in [5.41, 5.74) is 7.53. The van der Waals surface area contributed by atoms with Crippen LogP contribution in [0.1, 0.15) is 15.9 Å². The Morgan fingerprint density at radius 3 is 2.43 bits per heavy atom. The fourth-order valence-electron chi connectivity index (χ4n) is 2.35. The number of methoxy groups -OCH3 is 1. The van der Waals surface area contributed by atoms with Gasteiger partial charge in [0.25, 0.3) is 0 Å². The molecule has 3 nitrogen and oxygen atoms in total. The van der Waals surface area contributed by atoms with E-state index in [1.807, 2.05) is 48.5 Å². The third kappa shape index (κ3) is 2.46. The fraction of sp³-hybridized carbons (Fsp3) is 0.0556.